The van der Waals surface area contributed by atoms with E-state index in [1.54, 1.807) is 0 Å². The van der Waals surface area contributed by atoms with Crippen LogP contribution in [-0.2, 0) is 4.79 Å². The lowest BCUT2D eigenvalue weighted by Crippen LogP contribution is -2.14. The molecule has 1 aliphatic carbocycles. The highest BCUT2D eigenvalue weighted by Gasteiger charge is 2.18. The topological polar surface area (TPSA) is 37.3 Å². The van der Waals surface area contributed by atoms with Crippen LogP contribution in [0, 0.1) is 5.92 Å². The predicted molar refractivity (Wildman–Crippen MR) is 52.3 cm³/mol. The first-order valence-corrected chi connectivity index (χ1v) is 5.32. The lowest BCUT2D eigenvalue weighted by molar-refractivity contribution is -0.137. The van der Waals surface area contributed by atoms with Crippen molar-refractivity contribution in [2.75, 3.05) is 0 Å². The second kappa shape index (κ2) is 4.81. The SMILES string of the molecule is O=C(O)CCC1CCC(P)CC1. The second-order valence-corrected chi connectivity index (χ2v) is 4.66. The predicted octanol–water partition coefficient (Wildman–Crippen LogP) is 2.29. The van der Waals surface area contributed by atoms with Gasteiger partial charge >= 0.3 is 5.97 Å². The number of hydrogen-bond acceptors (Lipinski definition) is 1. The molecule has 0 radical (unpaired) electrons. The molecular formula is C9H17O2P. The van der Waals surface area contributed by atoms with Crippen LogP contribution in [0.1, 0.15) is 38.5 Å². The van der Waals surface area contributed by atoms with Gasteiger partial charge in [0.1, 0.15) is 0 Å². The number of carboxylic acid groups (broad SMARTS) is 1. The molecule has 0 amide bonds. The smallest absolute Gasteiger partial charge is 0.303 e. The van der Waals surface area contributed by atoms with E-state index in [-0.39, 0.29) is 0 Å². The summed E-state index contributed by atoms with van der Waals surface area (Å²) < 4.78 is 0. The second-order valence-electron chi connectivity index (χ2n) is 3.71. The Bertz CT molecular complexity index is 151. The van der Waals surface area contributed by atoms with Gasteiger partial charge in [0.2, 0.25) is 0 Å². The molecule has 1 rings (SSSR count). The molecule has 0 aromatic heterocycles. The highest BCUT2D eigenvalue weighted by Crippen LogP contribution is 2.31. The number of carboxylic acids is 1. The van der Waals surface area contributed by atoms with Gasteiger partial charge in [-0.25, -0.2) is 0 Å². The third-order valence-electron chi connectivity index (χ3n) is 2.66. The van der Waals surface area contributed by atoms with Crippen LogP contribution >= 0.6 is 9.24 Å². The average Bonchev–Trinajstić information content (AvgIpc) is 2.03. The molecule has 0 aliphatic heterocycles. The minimum absolute atomic E-state index is 0.353. The molecule has 1 fully saturated rings. The van der Waals surface area contributed by atoms with Crippen molar-refractivity contribution in [2.24, 2.45) is 5.92 Å². The third kappa shape index (κ3) is 3.53. The molecule has 0 saturated heterocycles. The highest BCUT2D eigenvalue weighted by atomic mass is 31.0. The van der Waals surface area contributed by atoms with Crippen molar-refractivity contribution in [1.29, 1.82) is 0 Å². The van der Waals surface area contributed by atoms with Crippen molar-refractivity contribution in [2.45, 2.75) is 44.2 Å². The van der Waals surface area contributed by atoms with E-state index in [4.69, 9.17) is 5.11 Å². The van der Waals surface area contributed by atoms with E-state index in [0.717, 1.165) is 12.1 Å². The Balaban J connectivity index is 2.13. The summed E-state index contributed by atoms with van der Waals surface area (Å²) in [7, 11) is 2.86. The summed E-state index contributed by atoms with van der Waals surface area (Å²) in [6.07, 6.45) is 6.20. The zero-order valence-corrected chi connectivity index (χ0v) is 8.48. The molecule has 0 heterocycles. The van der Waals surface area contributed by atoms with Gasteiger partial charge < -0.3 is 5.11 Å². The Kier molecular flexibility index (Phi) is 4.00. The minimum Gasteiger partial charge on any atom is -0.481 e. The normalized spacial score (nSPS) is 30.1. The van der Waals surface area contributed by atoms with E-state index in [9.17, 15) is 4.79 Å². The summed E-state index contributed by atoms with van der Waals surface area (Å²) in [5, 5.41) is 8.49. The summed E-state index contributed by atoms with van der Waals surface area (Å²) in [4.78, 5) is 10.3. The van der Waals surface area contributed by atoms with Crippen molar-refractivity contribution in [3.63, 3.8) is 0 Å². The van der Waals surface area contributed by atoms with Gasteiger partial charge in [0.15, 0.2) is 0 Å². The molecule has 1 unspecified atom stereocenters. The fraction of sp³-hybridized carbons (Fsp3) is 0.889. The average molecular weight is 188 g/mol. The van der Waals surface area contributed by atoms with Gasteiger partial charge in [-0.15, -0.1) is 9.24 Å². The number of hydrogen-bond donors (Lipinski definition) is 1. The zero-order valence-electron chi connectivity index (χ0n) is 7.33. The van der Waals surface area contributed by atoms with Crippen LogP contribution < -0.4 is 0 Å². The largest absolute Gasteiger partial charge is 0.481 e. The Morgan fingerprint density at radius 1 is 1.33 bits per heavy atom. The minimum atomic E-state index is -0.650. The Labute approximate surface area is 75.9 Å². The molecule has 1 aliphatic rings. The van der Waals surface area contributed by atoms with Crippen molar-refractivity contribution >= 4 is 15.2 Å². The van der Waals surface area contributed by atoms with Crippen LogP contribution in [0.5, 0.6) is 0 Å². The maximum atomic E-state index is 10.3. The molecule has 2 nitrogen and oxygen atoms in total. The molecule has 0 spiro atoms. The Hall–Kier alpha value is -0.100. The van der Waals surface area contributed by atoms with E-state index >= 15 is 0 Å². The first-order chi connectivity index (χ1) is 5.68. The molecule has 1 N–H and O–H groups in total. The van der Waals surface area contributed by atoms with Crippen LogP contribution in [0.15, 0.2) is 0 Å². The molecule has 3 heteroatoms. The molecule has 1 saturated carbocycles. The summed E-state index contributed by atoms with van der Waals surface area (Å²) in [6.45, 7) is 0. The van der Waals surface area contributed by atoms with Gasteiger partial charge in [0.25, 0.3) is 0 Å². The molecule has 0 bridgehead atoms. The zero-order chi connectivity index (χ0) is 8.97. The van der Waals surface area contributed by atoms with Crippen LogP contribution in [0.3, 0.4) is 0 Å². The number of aliphatic carboxylic acids is 1. The van der Waals surface area contributed by atoms with Crippen molar-refractivity contribution < 1.29 is 9.90 Å². The van der Waals surface area contributed by atoms with E-state index < -0.39 is 5.97 Å². The van der Waals surface area contributed by atoms with Gasteiger partial charge in [-0.05, 0) is 43.7 Å². The summed E-state index contributed by atoms with van der Waals surface area (Å²) >= 11 is 0. The number of carbonyl (C=O) groups is 1. The lowest BCUT2D eigenvalue weighted by atomic mass is 9.86. The standard InChI is InChI=1S/C9H17O2P/c10-9(11)6-3-7-1-4-8(12)5-2-7/h7-8H,1-6,12H2,(H,10,11). The fourth-order valence-electron chi connectivity index (χ4n) is 1.80. The Morgan fingerprint density at radius 2 is 1.92 bits per heavy atom. The molecular weight excluding hydrogens is 171 g/mol. The fourth-order valence-corrected chi connectivity index (χ4v) is 2.19. The lowest BCUT2D eigenvalue weighted by Gasteiger charge is -2.25. The van der Waals surface area contributed by atoms with Gasteiger partial charge in [-0.2, -0.15) is 0 Å². The van der Waals surface area contributed by atoms with Gasteiger partial charge in [0.05, 0.1) is 0 Å². The van der Waals surface area contributed by atoms with Crippen molar-refractivity contribution in [3.8, 4) is 0 Å². The van der Waals surface area contributed by atoms with Crippen molar-refractivity contribution in [3.05, 3.63) is 0 Å². The molecule has 70 valence electrons. The van der Waals surface area contributed by atoms with Gasteiger partial charge in [-0.1, -0.05) is 0 Å². The maximum absolute atomic E-state index is 10.3. The first kappa shape index (κ1) is 9.98. The molecule has 12 heavy (non-hydrogen) atoms. The first-order valence-electron chi connectivity index (χ1n) is 4.66. The molecule has 0 aromatic rings. The van der Waals surface area contributed by atoms with E-state index in [1.165, 1.54) is 25.7 Å². The number of rotatable bonds is 3. The van der Waals surface area contributed by atoms with Crippen LogP contribution in [0.2, 0.25) is 0 Å². The van der Waals surface area contributed by atoms with Crippen LogP contribution in [-0.4, -0.2) is 16.7 Å². The quantitative estimate of drug-likeness (QED) is 0.690. The Morgan fingerprint density at radius 3 is 2.42 bits per heavy atom. The van der Waals surface area contributed by atoms with Crippen molar-refractivity contribution in [1.82, 2.24) is 0 Å². The van der Waals surface area contributed by atoms with Crippen LogP contribution in [0.4, 0.5) is 0 Å². The monoisotopic (exact) mass is 188 g/mol. The van der Waals surface area contributed by atoms with Gasteiger partial charge in [0, 0.05) is 6.42 Å². The van der Waals surface area contributed by atoms with Gasteiger partial charge in [-0.3, -0.25) is 4.79 Å². The van der Waals surface area contributed by atoms with Crippen LogP contribution in [0.25, 0.3) is 0 Å². The van der Waals surface area contributed by atoms with E-state index in [0.29, 0.717) is 12.3 Å². The highest BCUT2D eigenvalue weighted by molar-refractivity contribution is 7.17. The maximum Gasteiger partial charge on any atom is 0.303 e. The summed E-state index contributed by atoms with van der Waals surface area (Å²) in [6, 6.07) is 0. The van der Waals surface area contributed by atoms with E-state index in [2.05, 4.69) is 9.24 Å². The van der Waals surface area contributed by atoms with E-state index in [1.807, 2.05) is 0 Å². The molecule has 1 atom stereocenters. The third-order valence-corrected chi connectivity index (χ3v) is 3.32. The summed E-state index contributed by atoms with van der Waals surface area (Å²) in [5.74, 6) is 0.0286. The molecule has 0 aromatic carbocycles. The summed E-state index contributed by atoms with van der Waals surface area (Å²) in [5.41, 5.74) is 0.783.